The van der Waals surface area contributed by atoms with Crippen molar-refractivity contribution in [2.75, 3.05) is 4.90 Å². The van der Waals surface area contributed by atoms with E-state index in [2.05, 4.69) is 4.98 Å². The summed E-state index contributed by atoms with van der Waals surface area (Å²) in [4.78, 5) is 26.4. The number of hydrogen-bond acceptors (Lipinski definition) is 5. The summed E-state index contributed by atoms with van der Waals surface area (Å²) in [6, 6.07) is 7.19. The molecule has 0 saturated carbocycles. The van der Waals surface area contributed by atoms with Crippen molar-refractivity contribution in [2.45, 2.75) is 26.3 Å². The molecule has 8 nitrogen and oxygen atoms in total. The zero-order valence-electron chi connectivity index (χ0n) is 13.8. The number of carboxylic acid groups (broad SMARTS) is 1. The molecule has 0 spiro atoms. The largest absolute Gasteiger partial charge is 0.465 e. The van der Waals surface area contributed by atoms with E-state index >= 15 is 0 Å². The smallest absolute Gasteiger partial charge is 0.412 e. The number of nitro groups is 1. The number of benzene rings is 1. The molecule has 0 atom stereocenters. The molecule has 0 aliphatic rings. The van der Waals surface area contributed by atoms with Crippen molar-refractivity contribution in [1.82, 2.24) is 4.98 Å². The fraction of sp³-hybridized carbons (Fsp3) is 0.250. The van der Waals surface area contributed by atoms with Crippen LogP contribution in [0.25, 0.3) is 0 Å². The van der Waals surface area contributed by atoms with Crippen LogP contribution in [0.15, 0.2) is 36.5 Å². The first-order valence-electron chi connectivity index (χ1n) is 7.20. The molecule has 1 heterocycles. The maximum atomic E-state index is 11.6. The second-order valence-electron chi connectivity index (χ2n) is 6.11. The number of aromatic nitrogens is 1. The van der Waals surface area contributed by atoms with Crippen LogP contribution >= 0.6 is 11.6 Å². The van der Waals surface area contributed by atoms with Crippen LogP contribution in [-0.2, 0) is 0 Å². The van der Waals surface area contributed by atoms with Crippen molar-refractivity contribution in [2.24, 2.45) is 0 Å². The molecule has 1 amide bonds. The molecule has 0 fully saturated rings. The van der Waals surface area contributed by atoms with E-state index in [1.165, 1.54) is 30.5 Å². The Morgan fingerprint density at radius 1 is 1.28 bits per heavy atom. The fourth-order valence-corrected chi connectivity index (χ4v) is 2.36. The molecule has 0 saturated heterocycles. The molecule has 9 heteroatoms. The average Bonchev–Trinajstić information content (AvgIpc) is 2.49. The summed E-state index contributed by atoms with van der Waals surface area (Å²) >= 11 is 6.15. The highest BCUT2D eigenvalue weighted by Gasteiger charge is 2.29. The highest BCUT2D eigenvalue weighted by Crippen LogP contribution is 2.35. The molecule has 1 aromatic carbocycles. The zero-order valence-corrected chi connectivity index (χ0v) is 14.5. The highest BCUT2D eigenvalue weighted by molar-refractivity contribution is 6.33. The average molecular weight is 366 g/mol. The van der Waals surface area contributed by atoms with Gasteiger partial charge in [0.05, 0.1) is 10.7 Å². The van der Waals surface area contributed by atoms with Gasteiger partial charge in [0.15, 0.2) is 11.9 Å². The fourth-order valence-electron chi connectivity index (χ4n) is 2.16. The number of hydrogen-bond donors (Lipinski definition) is 1. The molecular weight excluding hydrogens is 350 g/mol. The van der Waals surface area contributed by atoms with Crippen molar-refractivity contribution >= 4 is 29.2 Å². The number of amides is 1. The van der Waals surface area contributed by atoms with Crippen molar-refractivity contribution in [3.05, 3.63) is 51.7 Å². The standard InChI is InChI=1S/C16H16ClN3O5/c1-16(2,3)19(15(21)22)13-8-10(4-6-12(13)17)25-11-5-7-14(18-9-11)20(23)24/h4-9H,1-3H3,(H,21,22). The number of ether oxygens (including phenoxy) is 1. The Balaban J connectivity index is 2.35. The molecule has 2 aromatic rings. The summed E-state index contributed by atoms with van der Waals surface area (Å²) in [5.74, 6) is 0.302. The molecule has 0 radical (unpaired) electrons. The lowest BCUT2D eigenvalue weighted by atomic mass is 10.1. The molecule has 1 N–H and O–H groups in total. The van der Waals surface area contributed by atoms with E-state index in [0.717, 1.165) is 4.90 Å². The van der Waals surface area contributed by atoms with Crippen LogP contribution in [-0.4, -0.2) is 26.6 Å². The minimum Gasteiger partial charge on any atom is -0.465 e. The van der Waals surface area contributed by atoms with Gasteiger partial charge in [0, 0.05) is 17.7 Å². The first kappa shape index (κ1) is 18.5. The molecule has 132 valence electrons. The number of anilines is 1. The van der Waals surface area contributed by atoms with E-state index in [4.69, 9.17) is 16.3 Å². The van der Waals surface area contributed by atoms with Gasteiger partial charge in [0.1, 0.15) is 5.75 Å². The lowest BCUT2D eigenvalue weighted by Crippen LogP contribution is -2.45. The van der Waals surface area contributed by atoms with Crippen molar-refractivity contribution < 1.29 is 19.6 Å². The number of rotatable bonds is 4. The Hall–Kier alpha value is -2.87. The van der Waals surface area contributed by atoms with Gasteiger partial charge in [-0.25, -0.2) is 4.79 Å². The van der Waals surface area contributed by atoms with Gasteiger partial charge in [0.25, 0.3) is 0 Å². The van der Waals surface area contributed by atoms with E-state index in [-0.39, 0.29) is 22.3 Å². The van der Waals surface area contributed by atoms with Crippen LogP contribution in [0.2, 0.25) is 5.02 Å². The molecule has 0 aliphatic heterocycles. The van der Waals surface area contributed by atoms with E-state index in [1.54, 1.807) is 26.8 Å². The predicted octanol–water partition coefficient (Wildman–Crippen LogP) is 4.72. The van der Waals surface area contributed by atoms with Gasteiger partial charge >= 0.3 is 11.9 Å². The zero-order chi connectivity index (χ0) is 18.8. The van der Waals surface area contributed by atoms with Gasteiger partial charge in [-0.2, -0.15) is 0 Å². The Morgan fingerprint density at radius 3 is 2.40 bits per heavy atom. The number of carbonyl (C=O) groups is 1. The summed E-state index contributed by atoms with van der Waals surface area (Å²) in [7, 11) is 0. The van der Waals surface area contributed by atoms with Crippen LogP contribution in [0.4, 0.5) is 16.3 Å². The molecule has 1 aromatic heterocycles. The second kappa shape index (κ2) is 6.94. The maximum Gasteiger partial charge on any atom is 0.412 e. The highest BCUT2D eigenvalue weighted by atomic mass is 35.5. The Labute approximate surface area is 148 Å². The molecule has 0 aliphatic carbocycles. The van der Waals surface area contributed by atoms with E-state index in [9.17, 15) is 20.0 Å². The lowest BCUT2D eigenvalue weighted by molar-refractivity contribution is -0.389. The third-order valence-corrected chi connectivity index (χ3v) is 3.48. The monoisotopic (exact) mass is 365 g/mol. The topological polar surface area (TPSA) is 106 Å². The predicted molar refractivity (Wildman–Crippen MR) is 92.7 cm³/mol. The molecule has 0 bridgehead atoms. The first-order valence-corrected chi connectivity index (χ1v) is 7.58. The van der Waals surface area contributed by atoms with E-state index in [1.807, 2.05) is 0 Å². The summed E-state index contributed by atoms with van der Waals surface area (Å²) in [5, 5.41) is 20.4. The Morgan fingerprint density at radius 2 is 1.92 bits per heavy atom. The van der Waals surface area contributed by atoms with Crippen molar-refractivity contribution in [1.29, 1.82) is 0 Å². The molecular formula is C16H16ClN3O5. The SMILES string of the molecule is CC(C)(C)N(C(=O)O)c1cc(Oc2ccc([N+](=O)[O-])nc2)ccc1Cl. The Bertz CT molecular complexity index is 802. The number of pyridine rings is 1. The summed E-state index contributed by atoms with van der Waals surface area (Å²) < 4.78 is 5.59. The van der Waals surface area contributed by atoms with Gasteiger partial charge in [0.2, 0.25) is 0 Å². The van der Waals surface area contributed by atoms with Crippen LogP contribution in [0.5, 0.6) is 11.5 Å². The van der Waals surface area contributed by atoms with Crippen LogP contribution in [0.1, 0.15) is 20.8 Å². The summed E-state index contributed by atoms with van der Waals surface area (Å²) in [5.41, 5.74) is -0.447. The van der Waals surface area contributed by atoms with Crippen molar-refractivity contribution in [3.8, 4) is 11.5 Å². The number of halogens is 1. The third kappa shape index (κ3) is 4.36. The second-order valence-corrected chi connectivity index (χ2v) is 6.52. The first-order chi connectivity index (χ1) is 11.6. The quantitative estimate of drug-likeness (QED) is 0.620. The minimum atomic E-state index is -1.15. The van der Waals surface area contributed by atoms with Gasteiger partial charge in [-0.3, -0.25) is 4.90 Å². The summed E-state index contributed by atoms with van der Waals surface area (Å²) in [6.45, 7) is 5.22. The Kier molecular flexibility index (Phi) is 5.13. The van der Waals surface area contributed by atoms with Gasteiger partial charge < -0.3 is 20.0 Å². The minimum absolute atomic E-state index is 0.256. The van der Waals surface area contributed by atoms with E-state index < -0.39 is 16.6 Å². The summed E-state index contributed by atoms with van der Waals surface area (Å²) in [6.07, 6.45) is 0.0639. The third-order valence-electron chi connectivity index (χ3n) is 3.16. The maximum absolute atomic E-state index is 11.6. The van der Waals surface area contributed by atoms with Gasteiger partial charge in [-0.15, -0.1) is 0 Å². The number of nitrogens with zero attached hydrogens (tertiary/aromatic N) is 3. The lowest BCUT2D eigenvalue weighted by Gasteiger charge is -2.33. The molecule has 2 rings (SSSR count). The van der Waals surface area contributed by atoms with Crippen LogP contribution in [0, 0.1) is 10.1 Å². The van der Waals surface area contributed by atoms with Crippen LogP contribution in [0.3, 0.4) is 0 Å². The molecule has 25 heavy (non-hydrogen) atoms. The van der Waals surface area contributed by atoms with Crippen molar-refractivity contribution in [3.63, 3.8) is 0 Å². The van der Waals surface area contributed by atoms with E-state index in [0.29, 0.717) is 5.75 Å². The molecule has 0 unspecified atom stereocenters. The van der Waals surface area contributed by atoms with Crippen LogP contribution < -0.4 is 9.64 Å². The normalized spacial score (nSPS) is 11.0. The van der Waals surface area contributed by atoms with Gasteiger partial charge in [-0.05, 0) is 48.9 Å². The van der Waals surface area contributed by atoms with Gasteiger partial charge in [-0.1, -0.05) is 11.6 Å².